The summed E-state index contributed by atoms with van der Waals surface area (Å²) < 4.78 is 35.1. The number of ether oxygens (including phenoxy) is 1. The van der Waals surface area contributed by atoms with E-state index >= 15 is 0 Å². The third-order valence-electron chi connectivity index (χ3n) is 6.67. The summed E-state index contributed by atoms with van der Waals surface area (Å²) in [5.41, 5.74) is 1.59. The van der Waals surface area contributed by atoms with Crippen molar-refractivity contribution in [1.29, 1.82) is 0 Å². The van der Waals surface area contributed by atoms with E-state index in [1.807, 2.05) is 6.07 Å². The number of amides is 1. The predicted octanol–water partition coefficient (Wildman–Crippen LogP) is 3.44. The van der Waals surface area contributed by atoms with Crippen molar-refractivity contribution >= 4 is 27.0 Å². The van der Waals surface area contributed by atoms with Gasteiger partial charge >= 0.3 is 0 Å². The lowest BCUT2D eigenvalue weighted by molar-refractivity contribution is -0.131. The third-order valence-corrected chi connectivity index (χ3v) is 8.57. The fourth-order valence-electron chi connectivity index (χ4n) is 4.58. The fraction of sp³-hybridized carbons (Fsp3) is 0.680. The van der Waals surface area contributed by atoms with Crippen molar-refractivity contribution in [3.05, 3.63) is 24.0 Å². The van der Waals surface area contributed by atoms with Gasteiger partial charge in [-0.25, -0.2) is 13.4 Å². The summed E-state index contributed by atoms with van der Waals surface area (Å²) in [6, 6.07) is 5.62. The molecule has 1 aliphatic carbocycles. The minimum absolute atomic E-state index is 0.203. The van der Waals surface area contributed by atoms with E-state index in [-0.39, 0.29) is 10.8 Å². The number of sulfonamides is 1. The van der Waals surface area contributed by atoms with Gasteiger partial charge in [0.05, 0.1) is 29.1 Å². The van der Waals surface area contributed by atoms with Gasteiger partial charge in [0.25, 0.3) is 0 Å². The Labute approximate surface area is 203 Å². The topological polar surface area (TPSA) is 84.7 Å². The van der Waals surface area contributed by atoms with Gasteiger partial charge in [0.1, 0.15) is 5.82 Å². The Bertz CT molecular complexity index is 1100. The Morgan fingerprint density at radius 2 is 1.97 bits per heavy atom. The number of nitrogens with zero attached hydrogens (tertiary/aromatic N) is 4. The van der Waals surface area contributed by atoms with Crippen LogP contribution in [0, 0.1) is 5.92 Å². The Morgan fingerprint density at radius 3 is 2.62 bits per heavy atom. The molecule has 8 nitrogen and oxygen atoms in total. The molecule has 1 aromatic heterocycles. The molecule has 1 saturated heterocycles. The highest BCUT2D eigenvalue weighted by atomic mass is 32.2. The average Bonchev–Trinajstić information content (AvgIpc) is 3.60. The largest absolute Gasteiger partial charge is 0.379 e. The summed E-state index contributed by atoms with van der Waals surface area (Å²) in [6.07, 6.45) is 5.17. The van der Waals surface area contributed by atoms with Crippen LogP contribution in [-0.4, -0.2) is 72.0 Å². The molecular weight excluding hydrogens is 452 g/mol. The maximum Gasteiger partial charge on any atom is 0.243 e. The van der Waals surface area contributed by atoms with Gasteiger partial charge in [-0.3, -0.25) is 4.79 Å². The SMILES string of the molecule is CCCn1c(CCC(=O)N(CCC(C)C)C2CC2)nc2cc(S(=O)(=O)N3CCOCC3)ccc21. The van der Waals surface area contributed by atoms with Crippen LogP contribution >= 0.6 is 0 Å². The molecule has 0 spiro atoms. The van der Waals surface area contributed by atoms with Crippen molar-refractivity contribution in [2.24, 2.45) is 5.92 Å². The maximum atomic E-state index is 13.1. The monoisotopic (exact) mass is 490 g/mol. The first-order chi connectivity index (χ1) is 16.3. The number of carbonyl (C=O) groups excluding carboxylic acids is 1. The first-order valence-corrected chi connectivity index (χ1v) is 14.1. The number of aryl methyl sites for hydroxylation is 2. The number of aromatic nitrogens is 2. The predicted molar refractivity (Wildman–Crippen MR) is 132 cm³/mol. The molecule has 2 fully saturated rings. The molecule has 2 aliphatic rings. The molecule has 4 rings (SSSR count). The molecule has 2 heterocycles. The van der Waals surface area contributed by atoms with Crippen molar-refractivity contribution in [3.8, 4) is 0 Å². The Balaban J connectivity index is 1.53. The van der Waals surface area contributed by atoms with Crippen LogP contribution in [0.4, 0.5) is 0 Å². The zero-order chi connectivity index (χ0) is 24.3. The average molecular weight is 491 g/mol. The van der Waals surface area contributed by atoms with Gasteiger partial charge in [0.15, 0.2) is 0 Å². The molecule has 34 heavy (non-hydrogen) atoms. The van der Waals surface area contributed by atoms with Crippen LogP contribution in [0.2, 0.25) is 0 Å². The highest BCUT2D eigenvalue weighted by Crippen LogP contribution is 2.29. The maximum absolute atomic E-state index is 13.1. The number of imidazole rings is 1. The van der Waals surface area contributed by atoms with E-state index in [1.165, 1.54) is 4.31 Å². The van der Waals surface area contributed by atoms with Gasteiger partial charge < -0.3 is 14.2 Å². The number of morpholine rings is 1. The first-order valence-electron chi connectivity index (χ1n) is 12.7. The number of rotatable bonds is 11. The fourth-order valence-corrected chi connectivity index (χ4v) is 6.01. The summed E-state index contributed by atoms with van der Waals surface area (Å²) >= 11 is 0. The van der Waals surface area contributed by atoms with E-state index in [9.17, 15) is 13.2 Å². The van der Waals surface area contributed by atoms with Crippen molar-refractivity contribution in [2.45, 2.75) is 76.8 Å². The summed E-state index contributed by atoms with van der Waals surface area (Å²) in [6.45, 7) is 9.67. The number of hydrogen-bond acceptors (Lipinski definition) is 5. The molecule has 2 aromatic rings. The number of benzene rings is 1. The Hall–Kier alpha value is -1.97. The van der Waals surface area contributed by atoms with Gasteiger partial charge in [0, 0.05) is 45.1 Å². The summed E-state index contributed by atoms with van der Waals surface area (Å²) in [5, 5.41) is 0. The number of hydrogen-bond donors (Lipinski definition) is 0. The van der Waals surface area contributed by atoms with E-state index < -0.39 is 10.0 Å². The standard InChI is InChI=1S/C25H38N4O4S/c1-4-12-29-23-8-7-21(34(31,32)27-14-16-33-17-15-27)18-22(23)26-24(29)9-10-25(30)28(20-5-6-20)13-11-19(2)3/h7-8,18-20H,4-6,9-17H2,1-3H3. The zero-order valence-electron chi connectivity index (χ0n) is 20.7. The molecule has 0 radical (unpaired) electrons. The molecule has 9 heteroatoms. The highest BCUT2D eigenvalue weighted by Gasteiger charge is 2.32. The first kappa shape index (κ1) is 25.1. The van der Waals surface area contributed by atoms with Crippen molar-refractivity contribution in [3.63, 3.8) is 0 Å². The van der Waals surface area contributed by atoms with Crippen LogP contribution in [0.3, 0.4) is 0 Å². The molecule has 1 amide bonds. The van der Waals surface area contributed by atoms with E-state index in [1.54, 1.807) is 12.1 Å². The molecule has 1 aliphatic heterocycles. The molecule has 1 aromatic carbocycles. The van der Waals surface area contributed by atoms with E-state index in [2.05, 4.69) is 30.2 Å². The molecule has 0 N–H and O–H groups in total. The van der Waals surface area contributed by atoms with Crippen LogP contribution in [-0.2, 0) is 32.5 Å². The molecule has 0 bridgehead atoms. The smallest absolute Gasteiger partial charge is 0.243 e. The van der Waals surface area contributed by atoms with E-state index in [0.29, 0.717) is 56.6 Å². The summed E-state index contributed by atoms with van der Waals surface area (Å²) in [4.78, 5) is 20.2. The normalized spacial score (nSPS) is 17.5. The van der Waals surface area contributed by atoms with E-state index in [4.69, 9.17) is 9.72 Å². The van der Waals surface area contributed by atoms with Crippen molar-refractivity contribution in [2.75, 3.05) is 32.8 Å². The van der Waals surface area contributed by atoms with Gasteiger partial charge in [-0.2, -0.15) is 4.31 Å². The minimum Gasteiger partial charge on any atom is -0.379 e. The highest BCUT2D eigenvalue weighted by molar-refractivity contribution is 7.89. The molecular formula is C25H38N4O4S. The molecule has 0 atom stereocenters. The lowest BCUT2D eigenvalue weighted by Crippen LogP contribution is -2.40. The van der Waals surface area contributed by atoms with Crippen LogP contribution in [0.15, 0.2) is 23.1 Å². The second kappa shape index (κ2) is 10.7. The Kier molecular flexibility index (Phi) is 7.94. The van der Waals surface area contributed by atoms with Gasteiger partial charge in [-0.1, -0.05) is 20.8 Å². The van der Waals surface area contributed by atoms with Gasteiger partial charge in [-0.15, -0.1) is 0 Å². The summed E-state index contributed by atoms with van der Waals surface area (Å²) in [5.74, 6) is 1.63. The van der Waals surface area contributed by atoms with Crippen molar-refractivity contribution < 1.29 is 17.9 Å². The lowest BCUT2D eigenvalue weighted by Gasteiger charge is -2.26. The summed E-state index contributed by atoms with van der Waals surface area (Å²) in [7, 11) is -3.58. The van der Waals surface area contributed by atoms with Crippen LogP contribution in [0.1, 0.15) is 58.7 Å². The second-order valence-corrected chi connectivity index (χ2v) is 11.8. The zero-order valence-corrected chi connectivity index (χ0v) is 21.5. The number of fused-ring (bicyclic) bond motifs is 1. The quantitative estimate of drug-likeness (QED) is 0.482. The minimum atomic E-state index is -3.58. The second-order valence-electron chi connectivity index (χ2n) is 9.85. The molecule has 188 valence electrons. The molecule has 1 saturated carbocycles. The van der Waals surface area contributed by atoms with E-state index in [0.717, 1.165) is 50.1 Å². The lowest BCUT2D eigenvalue weighted by atomic mass is 10.1. The van der Waals surface area contributed by atoms with Gasteiger partial charge in [0.2, 0.25) is 15.9 Å². The molecule has 0 unspecified atom stereocenters. The Morgan fingerprint density at radius 1 is 1.24 bits per heavy atom. The van der Waals surface area contributed by atoms with Crippen LogP contribution in [0.25, 0.3) is 11.0 Å². The van der Waals surface area contributed by atoms with Gasteiger partial charge in [-0.05, 0) is 49.8 Å². The van der Waals surface area contributed by atoms with Crippen molar-refractivity contribution in [1.82, 2.24) is 18.8 Å². The third kappa shape index (κ3) is 5.63. The van der Waals surface area contributed by atoms with Crippen LogP contribution in [0.5, 0.6) is 0 Å². The number of carbonyl (C=O) groups is 1. The van der Waals surface area contributed by atoms with Crippen LogP contribution < -0.4 is 0 Å².